The van der Waals surface area contributed by atoms with Crippen LogP contribution in [0, 0.1) is 20.8 Å². The van der Waals surface area contributed by atoms with Crippen molar-refractivity contribution in [1.29, 1.82) is 0 Å². The van der Waals surface area contributed by atoms with E-state index in [0.29, 0.717) is 0 Å². The van der Waals surface area contributed by atoms with Crippen molar-refractivity contribution < 1.29 is 9.53 Å². The minimum Gasteiger partial charge on any atom is -0.468 e. The number of esters is 1. The number of aromatic nitrogens is 2. The molecule has 1 aromatic heterocycles. The molecule has 0 aliphatic heterocycles. The van der Waals surface area contributed by atoms with Gasteiger partial charge in [-0.2, -0.15) is 5.10 Å². The van der Waals surface area contributed by atoms with E-state index in [4.69, 9.17) is 5.73 Å². The second-order valence-corrected chi connectivity index (χ2v) is 4.03. The summed E-state index contributed by atoms with van der Waals surface area (Å²) in [5, 5.41) is 4.38. The SMILES string of the molecule is COC(=O)C(N)C(C)n1nc(C)c(C)c1C. The first-order valence-electron chi connectivity index (χ1n) is 5.25. The lowest BCUT2D eigenvalue weighted by molar-refractivity contribution is -0.143. The van der Waals surface area contributed by atoms with Crippen molar-refractivity contribution in [3.63, 3.8) is 0 Å². The Kier molecular flexibility index (Phi) is 3.70. The fourth-order valence-corrected chi connectivity index (χ4v) is 1.63. The number of carbonyl (C=O) groups excluding carboxylic acids is 1. The molecule has 0 saturated carbocycles. The minimum absolute atomic E-state index is 0.208. The Morgan fingerprint density at radius 2 is 2.00 bits per heavy atom. The molecule has 0 aliphatic rings. The smallest absolute Gasteiger partial charge is 0.324 e. The summed E-state index contributed by atoms with van der Waals surface area (Å²) in [6, 6.07) is -0.901. The van der Waals surface area contributed by atoms with E-state index < -0.39 is 12.0 Å². The molecule has 1 heterocycles. The summed E-state index contributed by atoms with van der Waals surface area (Å²) in [6.45, 7) is 7.77. The van der Waals surface area contributed by atoms with Gasteiger partial charge in [0, 0.05) is 5.69 Å². The summed E-state index contributed by atoms with van der Waals surface area (Å²) in [4.78, 5) is 11.3. The number of hydrogen-bond acceptors (Lipinski definition) is 4. The summed E-state index contributed by atoms with van der Waals surface area (Å²) in [5.74, 6) is -0.419. The number of methoxy groups -OCH3 is 1. The molecule has 0 saturated heterocycles. The van der Waals surface area contributed by atoms with E-state index in [1.165, 1.54) is 7.11 Å². The van der Waals surface area contributed by atoms with Crippen LogP contribution in [0.3, 0.4) is 0 Å². The lowest BCUT2D eigenvalue weighted by Crippen LogP contribution is -2.39. The topological polar surface area (TPSA) is 70.1 Å². The van der Waals surface area contributed by atoms with Crippen molar-refractivity contribution in [2.24, 2.45) is 5.73 Å². The van der Waals surface area contributed by atoms with Crippen LogP contribution in [0.1, 0.15) is 29.9 Å². The summed E-state index contributed by atoms with van der Waals surface area (Å²) < 4.78 is 6.41. The molecular formula is C11H19N3O2. The quantitative estimate of drug-likeness (QED) is 0.775. The monoisotopic (exact) mass is 225 g/mol. The third kappa shape index (κ3) is 2.09. The van der Waals surface area contributed by atoms with E-state index in [-0.39, 0.29) is 6.04 Å². The van der Waals surface area contributed by atoms with E-state index >= 15 is 0 Å². The highest BCUT2D eigenvalue weighted by Gasteiger charge is 2.25. The third-order valence-electron chi connectivity index (χ3n) is 3.07. The highest BCUT2D eigenvalue weighted by molar-refractivity contribution is 5.75. The standard InChI is InChI=1S/C11H19N3O2/c1-6-7(2)13-14(8(6)3)9(4)10(12)11(15)16-5/h9-10H,12H2,1-5H3. The average Bonchev–Trinajstić information content (AvgIpc) is 2.54. The summed E-state index contributed by atoms with van der Waals surface area (Å²) >= 11 is 0. The summed E-state index contributed by atoms with van der Waals surface area (Å²) in [7, 11) is 1.33. The molecular weight excluding hydrogens is 206 g/mol. The molecule has 2 atom stereocenters. The van der Waals surface area contributed by atoms with Crippen LogP contribution in [-0.2, 0) is 9.53 Å². The van der Waals surface area contributed by atoms with Crippen LogP contribution in [0.15, 0.2) is 0 Å². The van der Waals surface area contributed by atoms with Gasteiger partial charge in [0.25, 0.3) is 0 Å². The van der Waals surface area contributed by atoms with Crippen LogP contribution in [0.25, 0.3) is 0 Å². The number of hydrogen-bond donors (Lipinski definition) is 1. The average molecular weight is 225 g/mol. The minimum atomic E-state index is -0.692. The van der Waals surface area contributed by atoms with Crippen LogP contribution >= 0.6 is 0 Å². The predicted octanol–water partition coefficient (Wildman–Crippen LogP) is 0.870. The van der Waals surface area contributed by atoms with E-state index in [2.05, 4.69) is 9.84 Å². The molecule has 0 spiro atoms. The molecule has 90 valence electrons. The van der Waals surface area contributed by atoms with Gasteiger partial charge < -0.3 is 10.5 Å². The number of rotatable bonds is 3. The number of nitrogens with two attached hydrogens (primary N) is 1. The lowest BCUT2D eigenvalue weighted by atomic mass is 10.1. The van der Waals surface area contributed by atoms with E-state index in [1.807, 2.05) is 27.7 Å². The van der Waals surface area contributed by atoms with Crippen LogP contribution in [0.4, 0.5) is 0 Å². The second kappa shape index (κ2) is 4.65. The fourth-order valence-electron chi connectivity index (χ4n) is 1.63. The largest absolute Gasteiger partial charge is 0.468 e. The Labute approximate surface area is 95.6 Å². The molecule has 0 aromatic carbocycles. The molecule has 0 fully saturated rings. The summed E-state index contributed by atoms with van der Waals surface area (Å²) in [5.41, 5.74) is 8.92. The normalized spacial score (nSPS) is 14.6. The number of aryl methyl sites for hydroxylation is 1. The van der Waals surface area contributed by atoms with Gasteiger partial charge in [0.2, 0.25) is 0 Å². The van der Waals surface area contributed by atoms with Crippen molar-refractivity contribution in [1.82, 2.24) is 9.78 Å². The fraction of sp³-hybridized carbons (Fsp3) is 0.636. The summed E-state index contributed by atoms with van der Waals surface area (Å²) in [6.07, 6.45) is 0. The predicted molar refractivity (Wildman–Crippen MR) is 61.1 cm³/mol. The first-order chi connectivity index (χ1) is 7.40. The van der Waals surface area contributed by atoms with Gasteiger partial charge in [0.1, 0.15) is 6.04 Å². The molecule has 16 heavy (non-hydrogen) atoms. The molecule has 0 amide bonds. The molecule has 2 N–H and O–H groups in total. The molecule has 5 heteroatoms. The van der Waals surface area contributed by atoms with Crippen LogP contribution < -0.4 is 5.73 Å². The zero-order valence-corrected chi connectivity index (χ0v) is 10.4. The van der Waals surface area contributed by atoms with E-state index in [1.54, 1.807) is 4.68 Å². The molecule has 1 rings (SSSR count). The second-order valence-electron chi connectivity index (χ2n) is 4.03. The Balaban J connectivity index is 3.00. The maximum Gasteiger partial charge on any atom is 0.324 e. The maximum atomic E-state index is 11.3. The molecule has 0 bridgehead atoms. The van der Waals surface area contributed by atoms with Gasteiger partial charge in [0.05, 0.1) is 18.8 Å². The number of nitrogens with zero attached hydrogens (tertiary/aromatic N) is 2. The van der Waals surface area contributed by atoms with E-state index in [0.717, 1.165) is 17.0 Å². The lowest BCUT2D eigenvalue weighted by Gasteiger charge is -2.19. The van der Waals surface area contributed by atoms with Crippen LogP contribution in [0.5, 0.6) is 0 Å². The van der Waals surface area contributed by atoms with Crippen LogP contribution in [0.2, 0.25) is 0 Å². The zero-order valence-electron chi connectivity index (χ0n) is 10.4. The molecule has 5 nitrogen and oxygen atoms in total. The van der Waals surface area contributed by atoms with Gasteiger partial charge >= 0.3 is 5.97 Å². The van der Waals surface area contributed by atoms with Gasteiger partial charge in [-0.25, -0.2) is 0 Å². The first kappa shape index (κ1) is 12.7. The molecule has 1 aromatic rings. The Bertz CT molecular complexity index is 398. The molecule has 0 aliphatic carbocycles. The van der Waals surface area contributed by atoms with Gasteiger partial charge in [-0.1, -0.05) is 0 Å². The maximum absolute atomic E-state index is 11.3. The van der Waals surface area contributed by atoms with Gasteiger partial charge in [-0.3, -0.25) is 9.48 Å². The number of ether oxygens (including phenoxy) is 1. The van der Waals surface area contributed by atoms with Crippen molar-refractivity contribution in [3.8, 4) is 0 Å². The first-order valence-corrected chi connectivity index (χ1v) is 5.25. The Morgan fingerprint density at radius 3 is 2.38 bits per heavy atom. The third-order valence-corrected chi connectivity index (χ3v) is 3.07. The van der Waals surface area contributed by atoms with Crippen molar-refractivity contribution in [2.75, 3.05) is 7.11 Å². The molecule has 2 unspecified atom stereocenters. The number of carbonyl (C=O) groups is 1. The van der Waals surface area contributed by atoms with Crippen molar-refractivity contribution in [3.05, 3.63) is 17.0 Å². The van der Waals surface area contributed by atoms with Gasteiger partial charge in [0.15, 0.2) is 0 Å². The Morgan fingerprint density at radius 1 is 1.44 bits per heavy atom. The zero-order chi connectivity index (χ0) is 12.5. The van der Waals surface area contributed by atoms with Gasteiger partial charge in [-0.15, -0.1) is 0 Å². The van der Waals surface area contributed by atoms with Gasteiger partial charge in [-0.05, 0) is 33.3 Å². The van der Waals surface area contributed by atoms with Crippen molar-refractivity contribution >= 4 is 5.97 Å². The highest BCUT2D eigenvalue weighted by Crippen LogP contribution is 2.18. The highest BCUT2D eigenvalue weighted by atomic mass is 16.5. The van der Waals surface area contributed by atoms with E-state index in [9.17, 15) is 4.79 Å². The van der Waals surface area contributed by atoms with Crippen LogP contribution in [-0.4, -0.2) is 28.9 Å². The van der Waals surface area contributed by atoms with Crippen molar-refractivity contribution in [2.45, 2.75) is 39.8 Å². The Hall–Kier alpha value is -1.36. The molecule has 0 radical (unpaired) electrons.